The van der Waals surface area contributed by atoms with Crippen molar-refractivity contribution in [1.82, 2.24) is 0 Å². The Bertz CT molecular complexity index is 1120. The number of carboxylic acids is 1. The molecule has 0 spiro atoms. The zero-order valence-corrected chi connectivity index (χ0v) is 16.3. The van der Waals surface area contributed by atoms with Crippen molar-refractivity contribution in [3.8, 4) is 17.2 Å². The van der Waals surface area contributed by atoms with Gasteiger partial charge in [-0.1, -0.05) is 48.6 Å². The minimum Gasteiger partial charge on any atom is -0.507 e. The van der Waals surface area contributed by atoms with E-state index in [1.807, 2.05) is 12.2 Å². The minimum absolute atomic E-state index is 0.0917. The fraction of sp³-hybridized carbons (Fsp3) is 0.0833. The number of fused-ring (bicyclic) bond motifs is 1. The SMILES string of the molecule is O=C(/C=C/c1ccc(O)c2c1C=CC=CC=C2)OC(Cc1ccc(O)c(O)c1)C(=O)O. The number of carboxylic acid groups (broad SMARTS) is 1. The number of hydrogen-bond donors (Lipinski definition) is 4. The van der Waals surface area contributed by atoms with E-state index >= 15 is 0 Å². The summed E-state index contributed by atoms with van der Waals surface area (Å²) >= 11 is 0. The van der Waals surface area contributed by atoms with Gasteiger partial charge in [0.05, 0.1) is 0 Å². The number of carbonyl (C=O) groups is 2. The zero-order valence-electron chi connectivity index (χ0n) is 16.3. The molecule has 0 saturated carbocycles. The molecule has 0 saturated heterocycles. The molecule has 1 aliphatic carbocycles. The average molecular weight is 420 g/mol. The molecule has 0 radical (unpaired) electrons. The first-order chi connectivity index (χ1) is 14.8. The standard InChI is InChI=1S/C24H20O7/c25-19-11-8-16(17-5-3-1-2-4-6-18(17)19)9-12-23(28)31-22(24(29)30)14-15-7-10-20(26)21(27)13-15/h1-13,22,25-27H,14H2,(H,29,30)/b2-1?,3-1?,4-2?,5-3?,6-4?,12-9+,17-5?,18-6?. The molecule has 7 nitrogen and oxygen atoms in total. The molecular formula is C24H20O7. The van der Waals surface area contributed by atoms with Crippen molar-refractivity contribution in [3.63, 3.8) is 0 Å². The third kappa shape index (κ3) is 5.42. The highest BCUT2D eigenvalue weighted by molar-refractivity contribution is 5.90. The number of hydrogen-bond acceptors (Lipinski definition) is 6. The molecule has 0 fully saturated rings. The maximum atomic E-state index is 12.2. The van der Waals surface area contributed by atoms with Crippen LogP contribution in [0.2, 0.25) is 0 Å². The van der Waals surface area contributed by atoms with Gasteiger partial charge in [-0.15, -0.1) is 0 Å². The minimum atomic E-state index is -1.48. The van der Waals surface area contributed by atoms with Crippen LogP contribution in [0.4, 0.5) is 0 Å². The van der Waals surface area contributed by atoms with Gasteiger partial charge >= 0.3 is 11.9 Å². The summed E-state index contributed by atoms with van der Waals surface area (Å²) in [5.74, 6) is -2.84. The lowest BCUT2D eigenvalue weighted by atomic mass is 9.97. The van der Waals surface area contributed by atoms with E-state index in [-0.39, 0.29) is 17.9 Å². The third-order valence-corrected chi connectivity index (χ3v) is 4.55. The van der Waals surface area contributed by atoms with Crippen molar-refractivity contribution >= 4 is 30.2 Å². The molecule has 158 valence electrons. The van der Waals surface area contributed by atoms with E-state index in [0.717, 1.165) is 6.08 Å². The molecule has 0 amide bonds. The van der Waals surface area contributed by atoms with Crippen molar-refractivity contribution in [2.75, 3.05) is 0 Å². The van der Waals surface area contributed by atoms with Crippen LogP contribution in [0, 0.1) is 0 Å². The molecule has 1 unspecified atom stereocenters. The summed E-state index contributed by atoms with van der Waals surface area (Å²) in [6.45, 7) is 0. The van der Waals surface area contributed by atoms with Gasteiger partial charge in [-0.2, -0.15) is 0 Å². The summed E-state index contributed by atoms with van der Waals surface area (Å²) in [6.07, 6.45) is 11.7. The number of esters is 1. The van der Waals surface area contributed by atoms with Gasteiger partial charge in [0.2, 0.25) is 6.10 Å². The maximum Gasteiger partial charge on any atom is 0.345 e. The Hall–Kier alpha value is -4.26. The normalized spacial score (nSPS) is 13.4. The van der Waals surface area contributed by atoms with Crippen molar-refractivity contribution in [2.24, 2.45) is 0 Å². The Morgan fingerprint density at radius 2 is 1.55 bits per heavy atom. The van der Waals surface area contributed by atoms with E-state index in [1.165, 1.54) is 30.3 Å². The van der Waals surface area contributed by atoms with Crippen LogP contribution in [0.1, 0.15) is 22.3 Å². The van der Waals surface area contributed by atoms with Gasteiger partial charge in [0.25, 0.3) is 0 Å². The van der Waals surface area contributed by atoms with Crippen molar-refractivity contribution in [1.29, 1.82) is 0 Å². The first-order valence-corrected chi connectivity index (χ1v) is 9.35. The molecule has 0 bridgehead atoms. The highest BCUT2D eigenvalue weighted by Crippen LogP contribution is 2.29. The van der Waals surface area contributed by atoms with Crippen LogP contribution in [0.5, 0.6) is 17.2 Å². The first kappa shape index (κ1) is 21.4. The summed E-state index contributed by atoms with van der Waals surface area (Å²) in [5.41, 5.74) is 2.30. The van der Waals surface area contributed by atoms with Crippen molar-refractivity contribution in [2.45, 2.75) is 12.5 Å². The fourth-order valence-electron chi connectivity index (χ4n) is 3.01. The average Bonchev–Trinajstić information content (AvgIpc) is 2.70. The molecular weight excluding hydrogens is 400 g/mol. The van der Waals surface area contributed by atoms with Crippen LogP contribution in [0.15, 0.2) is 60.7 Å². The van der Waals surface area contributed by atoms with Gasteiger partial charge < -0.3 is 25.2 Å². The second-order valence-corrected chi connectivity index (χ2v) is 6.73. The molecule has 3 rings (SSSR count). The summed E-state index contributed by atoms with van der Waals surface area (Å²) < 4.78 is 5.06. The topological polar surface area (TPSA) is 124 Å². The number of allylic oxidation sites excluding steroid dienone is 4. The van der Waals surface area contributed by atoms with Gasteiger partial charge in [-0.25, -0.2) is 9.59 Å². The first-order valence-electron chi connectivity index (χ1n) is 9.35. The molecule has 2 aromatic rings. The molecule has 0 aromatic heterocycles. The number of aromatic hydroxyl groups is 3. The molecule has 0 heterocycles. The molecule has 31 heavy (non-hydrogen) atoms. The van der Waals surface area contributed by atoms with E-state index < -0.39 is 23.8 Å². The zero-order chi connectivity index (χ0) is 22.4. The molecule has 7 heteroatoms. The van der Waals surface area contributed by atoms with E-state index in [0.29, 0.717) is 22.3 Å². The Kier molecular flexibility index (Phi) is 6.57. The third-order valence-electron chi connectivity index (χ3n) is 4.55. The number of carbonyl (C=O) groups excluding carboxylic acids is 1. The van der Waals surface area contributed by atoms with E-state index in [2.05, 4.69) is 0 Å². The second kappa shape index (κ2) is 9.49. The van der Waals surface area contributed by atoms with Gasteiger partial charge in [0, 0.05) is 18.1 Å². The smallest absolute Gasteiger partial charge is 0.345 e. The number of aliphatic carboxylic acids is 1. The molecule has 2 aromatic carbocycles. The van der Waals surface area contributed by atoms with Gasteiger partial charge in [0.1, 0.15) is 5.75 Å². The van der Waals surface area contributed by atoms with Gasteiger partial charge in [0.15, 0.2) is 11.5 Å². The summed E-state index contributed by atoms with van der Waals surface area (Å²) in [6, 6.07) is 7.00. The van der Waals surface area contributed by atoms with Gasteiger partial charge in [-0.3, -0.25) is 0 Å². The summed E-state index contributed by atoms with van der Waals surface area (Å²) in [5, 5.41) is 38.4. The predicted octanol–water partition coefficient (Wildman–Crippen LogP) is 3.65. The molecule has 4 N–H and O–H groups in total. The van der Waals surface area contributed by atoms with Gasteiger partial charge in [-0.05, 0) is 41.0 Å². The lowest BCUT2D eigenvalue weighted by molar-refractivity contribution is -0.160. The predicted molar refractivity (Wildman–Crippen MR) is 115 cm³/mol. The number of benzene rings is 2. The van der Waals surface area contributed by atoms with Crippen LogP contribution < -0.4 is 0 Å². The number of phenolic OH excluding ortho intramolecular Hbond substituents is 3. The van der Waals surface area contributed by atoms with Crippen molar-refractivity contribution in [3.05, 3.63) is 83.0 Å². The molecule has 1 aliphatic rings. The highest BCUT2D eigenvalue weighted by atomic mass is 16.6. The Labute approximate surface area is 178 Å². The van der Waals surface area contributed by atoms with Crippen LogP contribution >= 0.6 is 0 Å². The Balaban J connectivity index is 1.77. The fourth-order valence-corrected chi connectivity index (χ4v) is 3.01. The van der Waals surface area contributed by atoms with Crippen LogP contribution in [-0.4, -0.2) is 38.5 Å². The number of phenols is 3. The van der Waals surface area contributed by atoms with Crippen LogP contribution in [-0.2, 0) is 20.7 Å². The Morgan fingerprint density at radius 1 is 0.871 bits per heavy atom. The van der Waals surface area contributed by atoms with Crippen molar-refractivity contribution < 1.29 is 34.8 Å². The van der Waals surface area contributed by atoms with E-state index in [4.69, 9.17) is 4.74 Å². The number of rotatable bonds is 6. The lowest BCUT2D eigenvalue weighted by Crippen LogP contribution is -2.28. The van der Waals surface area contributed by atoms with E-state index in [1.54, 1.807) is 30.4 Å². The van der Waals surface area contributed by atoms with Crippen LogP contribution in [0.25, 0.3) is 18.2 Å². The molecule has 1 atom stereocenters. The summed E-state index contributed by atoms with van der Waals surface area (Å²) in [7, 11) is 0. The van der Waals surface area contributed by atoms with Crippen LogP contribution in [0.3, 0.4) is 0 Å². The largest absolute Gasteiger partial charge is 0.507 e. The maximum absolute atomic E-state index is 12.2. The lowest BCUT2D eigenvalue weighted by Gasteiger charge is -2.13. The van der Waals surface area contributed by atoms with E-state index in [9.17, 15) is 30.0 Å². The summed E-state index contributed by atoms with van der Waals surface area (Å²) in [4.78, 5) is 23.7. The Morgan fingerprint density at radius 3 is 2.23 bits per heavy atom. The molecule has 0 aliphatic heterocycles. The quantitative estimate of drug-likeness (QED) is 0.319. The highest BCUT2D eigenvalue weighted by Gasteiger charge is 2.22. The number of ether oxygens (including phenoxy) is 1. The monoisotopic (exact) mass is 420 g/mol. The second-order valence-electron chi connectivity index (χ2n) is 6.73.